The smallest absolute Gasteiger partial charge is 0.211 e. The first kappa shape index (κ1) is 27.7. The van der Waals surface area contributed by atoms with Crippen molar-refractivity contribution in [3.8, 4) is 11.5 Å². The third-order valence-electron chi connectivity index (χ3n) is 4.86. The number of methoxy groups -OCH3 is 2. The molecular weight excluding hydrogens is 533 g/mol. The lowest BCUT2D eigenvalue weighted by Crippen LogP contribution is -2.45. The van der Waals surface area contributed by atoms with Crippen LogP contribution in [0.15, 0.2) is 23.2 Å². The molecule has 1 aliphatic rings. The van der Waals surface area contributed by atoms with Crippen LogP contribution in [0.4, 0.5) is 0 Å². The Balaban J connectivity index is 0.00000480. The van der Waals surface area contributed by atoms with Gasteiger partial charge in [-0.05, 0) is 38.0 Å². The summed E-state index contributed by atoms with van der Waals surface area (Å²) in [5, 5.41) is 6.69. The molecule has 1 unspecified atom stereocenters. The van der Waals surface area contributed by atoms with Gasteiger partial charge >= 0.3 is 0 Å². The van der Waals surface area contributed by atoms with Crippen LogP contribution in [-0.4, -0.2) is 78.0 Å². The monoisotopic (exact) mass is 569 g/mol. The first-order valence-electron chi connectivity index (χ1n) is 10.4. The fraction of sp³-hybridized carbons (Fsp3) is 0.650. The zero-order chi connectivity index (χ0) is 22.0. The predicted molar refractivity (Wildman–Crippen MR) is 135 cm³/mol. The van der Waals surface area contributed by atoms with Crippen LogP contribution in [0.2, 0.25) is 0 Å². The molecule has 0 spiro atoms. The molecule has 1 fully saturated rings. The Hall–Kier alpha value is -1.31. The van der Waals surface area contributed by atoms with Gasteiger partial charge in [0.15, 0.2) is 5.96 Å². The normalized spacial score (nSPS) is 17.2. The Morgan fingerprint density at radius 2 is 1.87 bits per heavy atom. The number of nitrogens with zero attached hydrogens (tertiary/aromatic N) is 2. The number of hydrogen-bond donors (Lipinski definition) is 3. The number of halogens is 1. The van der Waals surface area contributed by atoms with Crippen molar-refractivity contribution in [3.05, 3.63) is 23.8 Å². The molecule has 0 saturated carbocycles. The lowest BCUT2D eigenvalue weighted by molar-refractivity contribution is 0.321. The molecule has 3 N–H and O–H groups in total. The average Bonchev–Trinajstić information content (AvgIpc) is 3.17. The predicted octanol–water partition coefficient (Wildman–Crippen LogP) is 1.39. The summed E-state index contributed by atoms with van der Waals surface area (Å²) >= 11 is 0. The van der Waals surface area contributed by atoms with Crippen molar-refractivity contribution in [1.82, 2.24) is 20.3 Å². The van der Waals surface area contributed by atoms with Gasteiger partial charge in [0.2, 0.25) is 10.0 Å². The van der Waals surface area contributed by atoms with Gasteiger partial charge in [-0.15, -0.1) is 24.0 Å². The van der Waals surface area contributed by atoms with Gasteiger partial charge in [0, 0.05) is 44.8 Å². The van der Waals surface area contributed by atoms with Crippen molar-refractivity contribution in [3.63, 3.8) is 0 Å². The van der Waals surface area contributed by atoms with E-state index in [2.05, 4.69) is 25.2 Å². The van der Waals surface area contributed by atoms with Gasteiger partial charge in [0.25, 0.3) is 0 Å². The van der Waals surface area contributed by atoms with Crippen molar-refractivity contribution >= 4 is 40.0 Å². The van der Waals surface area contributed by atoms with Gasteiger partial charge < -0.3 is 20.1 Å². The summed E-state index contributed by atoms with van der Waals surface area (Å²) in [6.45, 7) is 7.73. The molecule has 0 bridgehead atoms. The molecule has 0 radical (unpaired) electrons. The highest BCUT2D eigenvalue weighted by Crippen LogP contribution is 2.24. The van der Waals surface area contributed by atoms with Gasteiger partial charge in [-0.1, -0.05) is 0 Å². The summed E-state index contributed by atoms with van der Waals surface area (Å²) in [7, 11) is 0.128. The molecule has 1 atom stereocenters. The topological polar surface area (TPSA) is 104 Å². The zero-order valence-electron chi connectivity index (χ0n) is 18.8. The van der Waals surface area contributed by atoms with Crippen LogP contribution in [0.3, 0.4) is 0 Å². The van der Waals surface area contributed by atoms with Crippen LogP contribution in [0, 0.1) is 0 Å². The molecule has 1 aromatic carbocycles. The van der Waals surface area contributed by atoms with Crippen LogP contribution < -0.4 is 24.8 Å². The molecule has 1 heterocycles. The summed E-state index contributed by atoms with van der Waals surface area (Å²) in [5.41, 5.74) is 1.15. The summed E-state index contributed by atoms with van der Waals surface area (Å²) in [6, 6.07) is 6.22. The van der Waals surface area contributed by atoms with Crippen LogP contribution in [-0.2, 0) is 16.6 Å². The molecule has 0 aliphatic carbocycles. The maximum absolute atomic E-state index is 11.5. The highest BCUT2D eigenvalue weighted by Gasteiger charge is 2.23. The lowest BCUT2D eigenvalue weighted by atomic mass is 10.2. The van der Waals surface area contributed by atoms with E-state index in [1.54, 1.807) is 21.1 Å². The van der Waals surface area contributed by atoms with Gasteiger partial charge in [-0.3, -0.25) is 9.89 Å². The van der Waals surface area contributed by atoms with Crippen LogP contribution >= 0.6 is 24.0 Å². The van der Waals surface area contributed by atoms with Crippen molar-refractivity contribution in [1.29, 1.82) is 0 Å². The highest BCUT2D eigenvalue weighted by molar-refractivity contribution is 14.0. The number of ether oxygens (including phenoxy) is 2. The van der Waals surface area contributed by atoms with Crippen LogP contribution in [0.25, 0.3) is 0 Å². The molecule has 9 nitrogen and oxygen atoms in total. The molecule has 1 saturated heterocycles. The molecule has 11 heteroatoms. The Labute approximate surface area is 203 Å². The summed E-state index contributed by atoms with van der Waals surface area (Å²) in [4.78, 5) is 6.86. The third-order valence-corrected chi connectivity index (χ3v) is 6.26. The van der Waals surface area contributed by atoms with E-state index in [1.807, 2.05) is 25.1 Å². The molecule has 0 aromatic heterocycles. The Bertz CT molecular complexity index is 785. The number of sulfonamides is 1. The quantitative estimate of drug-likeness (QED) is 0.160. The van der Waals surface area contributed by atoms with Crippen molar-refractivity contribution in [2.75, 3.05) is 52.7 Å². The number of aliphatic imine (C=N–C) groups is 1. The van der Waals surface area contributed by atoms with E-state index < -0.39 is 10.0 Å². The van der Waals surface area contributed by atoms with E-state index in [1.165, 1.54) is 0 Å². The third kappa shape index (κ3) is 9.79. The molecule has 1 aromatic rings. The highest BCUT2D eigenvalue weighted by atomic mass is 127. The minimum atomic E-state index is -3.18. The first-order chi connectivity index (χ1) is 14.4. The van der Waals surface area contributed by atoms with E-state index in [4.69, 9.17) is 9.47 Å². The Morgan fingerprint density at radius 3 is 2.45 bits per heavy atom. The first-order valence-corrected chi connectivity index (χ1v) is 12.0. The van der Waals surface area contributed by atoms with E-state index in [0.717, 1.165) is 49.7 Å². The average molecular weight is 570 g/mol. The molecule has 0 amide bonds. The van der Waals surface area contributed by atoms with Gasteiger partial charge in [0.1, 0.15) is 11.5 Å². The number of hydrogen-bond acceptors (Lipinski definition) is 6. The van der Waals surface area contributed by atoms with Gasteiger partial charge in [-0.2, -0.15) is 0 Å². The maximum atomic E-state index is 11.5. The fourth-order valence-corrected chi connectivity index (χ4v) is 3.90. The van der Waals surface area contributed by atoms with Gasteiger partial charge in [-0.25, -0.2) is 13.1 Å². The minimum Gasteiger partial charge on any atom is -0.497 e. The summed E-state index contributed by atoms with van der Waals surface area (Å²) in [5.74, 6) is 2.37. The standard InChI is InChI=1S/C20H35N5O4S.HI/c1-5-21-20(22-8-9-23-30(26,27)6-2)24-17-7-10-25(15-17)14-16-11-18(28-3)13-19(12-16)29-4;/h11-13,17,23H,5-10,14-15H2,1-4H3,(H2,21,22,24);1H. The molecule has 1 aliphatic heterocycles. The van der Waals surface area contributed by atoms with E-state index in [0.29, 0.717) is 19.0 Å². The second-order valence-corrected chi connectivity index (χ2v) is 9.24. The Morgan fingerprint density at radius 1 is 1.19 bits per heavy atom. The second-order valence-electron chi connectivity index (χ2n) is 7.14. The number of benzene rings is 1. The molecule has 2 rings (SSSR count). The molecular formula is C20H36IN5O4S. The summed E-state index contributed by atoms with van der Waals surface area (Å²) < 4.78 is 36.3. The van der Waals surface area contributed by atoms with Crippen LogP contribution in [0.1, 0.15) is 25.8 Å². The van der Waals surface area contributed by atoms with Crippen molar-refractivity contribution in [2.45, 2.75) is 32.9 Å². The van der Waals surface area contributed by atoms with E-state index >= 15 is 0 Å². The number of guanidine groups is 1. The lowest BCUT2D eigenvalue weighted by Gasteiger charge is -2.19. The minimum absolute atomic E-state index is 0. The summed E-state index contributed by atoms with van der Waals surface area (Å²) in [6.07, 6.45) is 1.01. The SMILES string of the molecule is CCNC(=NCCNS(=O)(=O)CC)NC1CCN(Cc2cc(OC)cc(OC)c2)C1.I. The van der Waals surface area contributed by atoms with Crippen molar-refractivity contribution in [2.24, 2.45) is 4.99 Å². The van der Waals surface area contributed by atoms with Crippen molar-refractivity contribution < 1.29 is 17.9 Å². The largest absolute Gasteiger partial charge is 0.497 e. The number of rotatable bonds is 11. The second kappa shape index (κ2) is 14.0. The fourth-order valence-electron chi connectivity index (χ4n) is 3.29. The van der Waals surface area contributed by atoms with Gasteiger partial charge in [0.05, 0.1) is 26.5 Å². The zero-order valence-corrected chi connectivity index (χ0v) is 22.0. The number of likely N-dealkylation sites (tertiary alicyclic amines) is 1. The van der Waals surface area contributed by atoms with E-state index in [9.17, 15) is 8.42 Å². The molecule has 31 heavy (non-hydrogen) atoms. The van der Waals surface area contributed by atoms with Crippen LogP contribution in [0.5, 0.6) is 11.5 Å². The van der Waals surface area contributed by atoms with E-state index in [-0.39, 0.29) is 35.8 Å². The Kier molecular flexibility index (Phi) is 12.5. The molecule has 178 valence electrons. The number of nitrogens with one attached hydrogen (secondary N) is 3. The maximum Gasteiger partial charge on any atom is 0.211 e.